The van der Waals surface area contributed by atoms with Gasteiger partial charge in [-0.05, 0) is 29.7 Å². The molecule has 1 N–H and O–H groups in total. The van der Waals surface area contributed by atoms with E-state index < -0.39 is 5.97 Å². The van der Waals surface area contributed by atoms with E-state index in [4.69, 9.17) is 28.3 Å². The molecule has 1 aromatic carbocycles. The van der Waals surface area contributed by atoms with Gasteiger partial charge in [-0.3, -0.25) is 9.78 Å². The Morgan fingerprint density at radius 3 is 2.58 bits per heavy atom. The highest BCUT2D eigenvalue weighted by atomic mass is 35.5. The minimum absolute atomic E-state index is 0.0832. The molecule has 0 radical (unpaired) electrons. The molecule has 0 unspecified atom stereocenters. The van der Waals surface area contributed by atoms with E-state index in [9.17, 15) is 4.79 Å². The van der Waals surface area contributed by atoms with Crippen LogP contribution in [0.2, 0.25) is 10.0 Å². The van der Waals surface area contributed by atoms with Crippen molar-refractivity contribution in [1.29, 1.82) is 0 Å². The summed E-state index contributed by atoms with van der Waals surface area (Å²) in [5.74, 6) is -0.692. The summed E-state index contributed by atoms with van der Waals surface area (Å²) in [5, 5.41) is 10.6. The summed E-state index contributed by atoms with van der Waals surface area (Å²) in [6.45, 7) is 4.01. The predicted molar refractivity (Wildman–Crippen MR) is 77.2 cm³/mol. The second-order valence-corrected chi connectivity index (χ2v) is 5.56. The summed E-state index contributed by atoms with van der Waals surface area (Å²) in [5.41, 5.74) is 2.14. The van der Waals surface area contributed by atoms with Gasteiger partial charge in [0.05, 0.1) is 17.0 Å². The molecule has 0 aliphatic heterocycles. The molecule has 0 aliphatic rings. The van der Waals surface area contributed by atoms with E-state index in [0.29, 0.717) is 26.5 Å². The number of hydrogen-bond acceptors (Lipinski definition) is 2. The third-order valence-electron chi connectivity index (χ3n) is 2.86. The van der Waals surface area contributed by atoms with Crippen molar-refractivity contribution in [2.45, 2.75) is 26.2 Å². The van der Waals surface area contributed by atoms with Crippen molar-refractivity contribution in [1.82, 2.24) is 4.98 Å². The van der Waals surface area contributed by atoms with Crippen LogP contribution in [0.1, 0.15) is 31.0 Å². The van der Waals surface area contributed by atoms with E-state index in [0.717, 1.165) is 5.69 Å². The zero-order valence-corrected chi connectivity index (χ0v) is 12.1. The molecule has 2 rings (SSSR count). The Hall–Kier alpha value is -1.32. The monoisotopic (exact) mass is 297 g/mol. The molecular weight excluding hydrogens is 285 g/mol. The number of hydrogen-bond donors (Lipinski definition) is 1. The lowest BCUT2D eigenvalue weighted by molar-refractivity contribution is -0.136. The van der Waals surface area contributed by atoms with Crippen LogP contribution in [-0.4, -0.2) is 16.1 Å². The molecule has 19 heavy (non-hydrogen) atoms. The van der Waals surface area contributed by atoms with Crippen LogP contribution >= 0.6 is 23.2 Å². The highest BCUT2D eigenvalue weighted by Crippen LogP contribution is 2.31. The van der Waals surface area contributed by atoms with E-state index in [1.165, 1.54) is 0 Å². The zero-order valence-electron chi connectivity index (χ0n) is 10.6. The highest BCUT2D eigenvalue weighted by Gasteiger charge is 2.14. The molecule has 1 heterocycles. The van der Waals surface area contributed by atoms with E-state index in [1.54, 1.807) is 18.2 Å². The molecule has 5 heteroatoms. The van der Waals surface area contributed by atoms with Crippen LogP contribution in [0.5, 0.6) is 0 Å². The first kappa shape index (κ1) is 14.1. The maximum absolute atomic E-state index is 11.0. The molecule has 0 spiro atoms. The molecular formula is C14H13Cl2NO2. The van der Waals surface area contributed by atoms with Crippen molar-refractivity contribution in [2.75, 3.05) is 0 Å². The lowest BCUT2D eigenvalue weighted by Crippen LogP contribution is -2.04. The molecule has 0 atom stereocenters. The van der Waals surface area contributed by atoms with Gasteiger partial charge in [-0.25, -0.2) is 0 Å². The topological polar surface area (TPSA) is 50.2 Å². The molecule has 0 fully saturated rings. The smallest absolute Gasteiger partial charge is 0.307 e. The summed E-state index contributed by atoms with van der Waals surface area (Å²) in [4.78, 5) is 15.5. The summed E-state index contributed by atoms with van der Waals surface area (Å²) in [6.07, 6.45) is -0.0832. The largest absolute Gasteiger partial charge is 0.481 e. The third-order valence-corrected chi connectivity index (χ3v) is 3.38. The molecule has 0 saturated heterocycles. The average Bonchev–Trinajstić information content (AvgIpc) is 2.26. The lowest BCUT2D eigenvalue weighted by atomic mass is 10.0. The van der Waals surface area contributed by atoms with Crippen molar-refractivity contribution >= 4 is 40.1 Å². The van der Waals surface area contributed by atoms with Gasteiger partial charge in [-0.1, -0.05) is 37.0 Å². The minimum atomic E-state index is -0.895. The number of nitrogens with zero attached hydrogens (tertiary/aromatic N) is 1. The van der Waals surface area contributed by atoms with Gasteiger partial charge in [-0.15, -0.1) is 0 Å². The third kappa shape index (κ3) is 2.99. The van der Waals surface area contributed by atoms with Crippen LogP contribution < -0.4 is 0 Å². The number of aromatic nitrogens is 1. The molecule has 1 aromatic heterocycles. The van der Waals surface area contributed by atoms with Crippen molar-refractivity contribution in [3.05, 3.63) is 39.5 Å². The summed E-state index contributed by atoms with van der Waals surface area (Å²) >= 11 is 12.1. The van der Waals surface area contributed by atoms with Crippen molar-refractivity contribution in [3.8, 4) is 0 Å². The van der Waals surface area contributed by atoms with Crippen molar-refractivity contribution < 1.29 is 9.90 Å². The van der Waals surface area contributed by atoms with Gasteiger partial charge < -0.3 is 5.11 Å². The second kappa shape index (κ2) is 5.35. The Balaban J connectivity index is 2.78. The highest BCUT2D eigenvalue weighted by molar-refractivity contribution is 6.38. The number of carbonyl (C=O) groups is 1. The molecule has 2 aromatic rings. The van der Waals surface area contributed by atoms with Crippen LogP contribution in [0.25, 0.3) is 10.9 Å². The Bertz CT molecular complexity index is 653. The van der Waals surface area contributed by atoms with Crippen molar-refractivity contribution in [2.24, 2.45) is 0 Å². The maximum Gasteiger partial charge on any atom is 0.307 e. The van der Waals surface area contributed by atoms with Gasteiger partial charge >= 0.3 is 5.97 Å². The first-order valence-electron chi connectivity index (χ1n) is 5.89. The van der Waals surface area contributed by atoms with Gasteiger partial charge in [0.2, 0.25) is 0 Å². The number of pyridine rings is 1. The number of rotatable bonds is 3. The number of carboxylic acids is 1. The fraction of sp³-hybridized carbons (Fsp3) is 0.286. The molecule has 100 valence electrons. The Kier molecular flexibility index (Phi) is 3.97. The van der Waals surface area contributed by atoms with Crippen LogP contribution in [0, 0.1) is 0 Å². The zero-order chi connectivity index (χ0) is 14.2. The van der Waals surface area contributed by atoms with Gasteiger partial charge in [-0.2, -0.15) is 0 Å². The van der Waals surface area contributed by atoms with E-state index in [-0.39, 0.29) is 12.3 Å². The fourth-order valence-corrected chi connectivity index (χ4v) is 2.59. The number of aliphatic carboxylic acids is 1. The molecule has 0 bridgehead atoms. The first-order chi connectivity index (χ1) is 8.88. The van der Waals surface area contributed by atoms with Crippen LogP contribution in [0.3, 0.4) is 0 Å². The quantitative estimate of drug-likeness (QED) is 0.919. The molecule has 0 aliphatic carbocycles. The Morgan fingerprint density at radius 2 is 2.00 bits per heavy atom. The van der Waals surface area contributed by atoms with Crippen LogP contribution in [-0.2, 0) is 11.2 Å². The SMILES string of the molecule is CC(C)c1cc(CC(=O)O)c2c(Cl)cc(Cl)cc2n1. The Morgan fingerprint density at radius 1 is 1.32 bits per heavy atom. The summed E-state index contributed by atoms with van der Waals surface area (Å²) in [6, 6.07) is 5.12. The van der Waals surface area contributed by atoms with Crippen LogP contribution in [0.15, 0.2) is 18.2 Å². The van der Waals surface area contributed by atoms with E-state index in [2.05, 4.69) is 4.98 Å². The number of halogens is 2. The summed E-state index contributed by atoms with van der Waals surface area (Å²) < 4.78 is 0. The first-order valence-corrected chi connectivity index (χ1v) is 6.64. The maximum atomic E-state index is 11.0. The molecule has 0 saturated carbocycles. The normalized spacial score (nSPS) is 11.2. The van der Waals surface area contributed by atoms with Gasteiger partial charge in [0.25, 0.3) is 0 Å². The number of fused-ring (bicyclic) bond motifs is 1. The second-order valence-electron chi connectivity index (χ2n) is 4.71. The number of carboxylic acid groups (broad SMARTS) is 1. The average molecular weight is 298 g/mol. The lowest BCUT2D eigenvalue weighted by Gasteiger charge is -2.12. The van der Waals surface area contributed by atoms with E-state index in [1.807, 2.05) is 13.8 Å². The van der Waals surface area contributed by atoms with Gasteiger partial charge in [0.1, 0.15) is 0 Å². The van der Waals surface area contributed by atoms with Gasteiger partial charge in [0.15, 0.2) is 0 Å². The number of benzene rings is 1. The Labute approximate surface area is 121 Å². The predicted octanol–water partition coefficient (Wildman–Crippen LogP) is 4.29. The van der Waals surface area contributed by atoms with Gasteiger partial charge in [0, 0.05) is 16.1 Å². The summed E-state index contributed by atoms with van der Waals surface area (Å²) in [7, 11) is 0. The van der Waals surface area contributed by atoms with E-state index >= 15 is 0 Å². The fourth-order valence-electron chi connectivity index (χ4n) is 1.99. The standard InChI is InChI=1S/C14H13Cl2NO2/c1-7(2)11-3-8(4-13(18)19)14-10(16)5-9(15)6-12(14)17-11/h3,5-7H,4H2,1-2H3,(H,18,19). The van der Waals surface area contributed by atoms with Crippen molar-refractivity contribution in [3.63, 3.8) is 0 Å². The van der Waals surface area contributed by atoms with Crippen LogP contribution in [0.4, 0.5) is 0 Å². The molecule has 3 nitrogen and oxygen atoms in total. The molecule has 0 amide bonds. The minimum Gasteiger partial charge on any atom is -0.481 e.